The average molecular weight is 384 g/mol. The van der Waals surface area contributed by atoms with Crippen molar-refractivity contribution in [1.82, 2.24) is 4.98 Å². The van der Waals surface area contributed by atoms with Crippen LogP contribution in [0.2, 0.25) is 0 Å². The zero-order valence-corrected chi connectivity index (χ0v) is 16.2. The van der Waals surface area contributed by atoms with Gasteiger partial charge in [0.1, 0.15) is 17.3 Å². The third kappa shape index (κ3) is 2.88. The Bertz CT molecular complexity index is 1140. The van der Waals surface area contributed by atoms with E-state index in [1.165, 1.54) is 4.31 Å². The molecule has 0 amide bonds. The number of hydrogen-bond acceptors (Lipinski definition) is 5. The molecule has 0 aliphatic carbocycles. The van der Waals surface area contributed by atoms with E-state index in [-0.39, 0.29) is 4.90 Å². The molecule has 140 valence electrons. The number of methoxy groups -OCH3 is 2. The van der Waals surface area contributed by atoms with E-state index >= 15 is 0 Å². The number of anilines is 1. The highest BCUT2D eigenvalue weighted by molar-refractivity contribution is 7.92. The van der Waals surface area contributed by atoms with Crippen LogP contribution in [-0.4, -0.2) is 34.2 Å². The van der Waals surface area contributed by atoms with Gasteiger partial charge in [-0.2, -0.15) is 0 Å². The van der Waals surface area contributed by atoms with Crippen LogP contribution in [0.15, 0.2) is 47.4 Å². The second-order valence-electron chi connectivity index (χ2n) is 6.49. The Morgan fingerprint density at radius 2 is 1.85 bits per heavy atom. The van der Waals surface area contributed by atoms with Crippen LogP contribution in [0.4, 0.5) is 5.82 Å². The highest BCUT2D eigenvalue weighted by Gasteiger charge is 2.32. The minimum absolute atomic E-state index is 0.237. The van der Waals surface area contributed by atoms with E-state index < -0.39 is 10.0 Å². The molecule has 1 aromatic heterocycles. The number of sulfonamides is 1. The summed E-state index contributed by atoms with van der Waals surface area (Å²) in [5.74, 6) is 1.84. The highest BCUT2D eigenvalue weighted by atomic mass is 32.2. The van der Waals surface area contributed by atoms with Crippen LogP contribution in [-0.2, 0) is 16.4 Å². The van der Waals surface area contributed by atoms with Gasteiger partial charge >= 0.3 is 0 Å². The van der Waals surface area contributed by atoms with Crippen molar-refractivity contribution in [3.05, 3.63) is 53.6 Å². The van der Waals surface area contributed by atoms with Gasteiger partial charge in [-0.1, -0.05) is 0 Å². The van der Waals surface area contributed by atoms with E-state index in [0.717, 1.165) is 16.5 Å². The number of aryl methyl sites for hydroxylation is 1. The predicted molar refractivity (Wildman–Crippen MR) is 104 cm³/mol. The van der Waals surface area contributed by atoms with Crippen LogP contribution in [0.5, 0.6) is 11.5 Å². The molecule has 1 aliphatic rings. The summed E-state index contributed by atoms with van der Waals surface area (Å²) in [6.45, 7) is 2.21. The molecule has 0 unspecified atom stereocenters. The minimum Gasteiger partial charge on any atom is -0.497 e. The molecule has 2 aromatic carbocycles. The molecule has 0 spiro atoms. The van der Waals surface area contributed by atoms with Gasteiger partial charge in [0.2, 0.25) is 0 Å². The predicted octanol–water partition coefficient (Wildman–Crippen LogP) is 3.31. The van der Waals surface area contributed by atoms with E-state index in [9.17, 15) is 8.42 Å². The van der Waals surface area contributed by atoms with Crippen molar-refractivity contribution in [2.75, 3.05) is 25.1 Å². The van der Waals surface area contributed by atoms with Crippen LogP contribution in [0, 0.1) is 6.92 Å². The second-order valence-corrected chi connectivity index (χ2v) is 8.35. The largest absolute Gasteiger partial charge is 0.497 e. The van der Waals surface area contributed by atoms with Crippen LogP contribution in [0.25, 0.3) is 10.9 Å². The minimum atomic E-state index is -3.70. The quantitative estimate of drug-likeness (QED) is 0.690. The normalized spacial score (nSPS) is 13.7. The molecule has 6 nitrogen and oxygen atoms in total. The second kappa shape index (κ2) is 6.42. The molecule has 1 aliphatic heterocycles. The smallest absolute Gasteiger partial charge is 0.265 e. The molecule has 0 saturated carbocycles. The summed E-state index contributed by atoms with van der Waals surface area (Å²) < 4.78 is 38.3. The van der Waals surface area contributed by atoms with Crippen molar-refractivity contribution in [2.24, 2.45) is 0 Å². The standard InChI is InChI=1S/C20H20N2O4S/c1-13-10-17(6-7-19(13)26-3)27(23,24)22-9-8-15-11-14-4-5-16(25-2)12-18(14)21-20(15)22/h4-7,10-12H,8-9H2,1-3H3. The Morgan fingerprint density at radius 3 is 2.56 bits per heavy atom. The van der Waals surface area contributed by atoms with E-state index in [2.05, 4.69) is 4.98 Å². The maximum atomic E-state index is 13.2. The van der Waals surface area contributed by atoms with Crippen molar-refractivity contribution in [2.45, 2.75) is 18.2 Å². The lowest BCUT2D eigenvalue weighted by Crippen LogP contribution is -2.29. The number of aromatic nitrogens is 1. The molecule has 27 heavy (non-hydrogen) atoms. The molecule has 3 aromatic rings. The van der Waals surface area contributed by atoms with Gasteiger partial charge in [-0.15, -0.1) is 0 Å². The summed E-state index contributed by atoms with van der Waals surface area (Å²) in [7, 11) is -0.539. The molecule has 0 saturated heterocycles. The SMILES string of the molecule is COc1ccc2cc3c(nc2c1)N(S(=O)(=O)c1ccc(OC)c(C)c1)CC3. The van der Waals surface area contributed by atoms with Gasteiger partial charge in [-0.05, 0) is 60.9 Å². The maximum absolute atomic E-state index is 13.2. The van der Waals surface area contributed by atoms with E-state index in [0.29, 0.717) is 35.8 Å². The van der Waals surface area contributed by atoms with Crippen LogP contribution in [0.1, 0.15) is 11.1 Å². The van der Waals surface area contributed by atoms with Crippen LogP contribution >= 0.6 is 0 Å². The van der Waals surface area contributed by atoms with Crippen molar-refractivity contribution < 1.29 is 17.9 Å². The first-order valence-electron chi connectivity index (χ1n) is 8.59. The molecule has 0 radical (unpaired) electrons. The lowest BCUT2D eigenvalue weighted by atomic mass is 10.1. The monoisotopic (exact) mass is 384 g/mol. The molecule has 4 rings (SSSR count). The van der Waals surface area contributed by atoms with Gasteiger partial charge in [0, 0.05) is 18.0 Å². The molecular formula is C20H20N2O4S. The van der Waals surface area contributed by atoms with Crippen LogP contribution in [0.3, 0.4) is 0 Å². The third-order valence-corrected chi connectivity index (χ3v) is 6.64. The summed E-state index contributed by atoms with van der Waals surface area (Å²) in [4.78, 5) is 4.87. The third-order valence-electron chi connectivity index (χ3n) is 4.86. The zero-order valence-electron chi connectivity index (χ0n) is 15.4. The fourth-order valence-corrected chi connectivity index (χ4v) is 4.95. The number of benzene rings is 2. The zero-order chi connectivity index (χ0) is 19.2. The van der Waals surface area contributed by atoms with E-state index in [1.54, 1.807) is 32.4 Å². The molecule has 0 N–H and O–H groups in total. The Labute approximate surface area is 158 Å². The molecule has 7 heteroatoms. The van der Waals surface area contributed by atoms with Crippen molar-refractivity contribution >= 4 is 26.7 Å². The number of nitrogens with zero attached hydrogens (tertiary/aromatic N) is 2. The Kier molecular flexibility index (Phi) is 4.19. The fraction of sp³-hybridized carbons (Fsp3) is 0.250. The number of hydrogen-bond donors (Lipinski definition) is 0. The molecule has 0 atom stereocenters. The summed E-state index contributed by atoms with van der Waals surface area (Å²) >= 11 is 0. The van der Waals surface area contributed by atoms with Gasteiger partial charge in [0.05, 0.1) is 24.6 Å². The van der Waals surface area contributed by atoms with Gasteiger partial charge < -0.3 is 9.47 Å². The fourth-order valence-electron chi connectivity index (χ4n) is 3.41. The average Bonchev–Trinajstić information content (AvgIpc) is 3.09. The molecular weight excluding hydrogens is 364 g/mol. The highest BCUT2D eigenvalue weighted by Crippen LogP contribution is 2.35. The number of pyridine rings is 1. The molecule has 2 heterocycles. The van der Waals surface area contributed by atoms with Crippen molar-refractivity contribution in [1.29, 1.82) is 0 Å². The Morgan fingerprint density at radius 1 is 1.04 bits per heavy atom. The summed E-state index contributed by atoms with van der Waals surface area (Å²) in [5, 5.41) is 0.967. The number of fused-ring (bicyclic) bond motifs is 2. The molecule has 0 bridgehead atoms. The van der Waals surface area contributed by atoms with Gasteiger partial charge in [-0.3, -0.25) is 0 Å². The first kappa shape index (κ1) is 17.6. The topological polar surface area (TPSA) is 68.7 Å². The van der Waals surface area contributed by atoms with Crippen molar-refractivity contribution in [3.63, 3.8) is 0 Å². The Hall–Kier alpha value is -2.80. The van der Waals surface area contributed by atoms with E-state index in [1.807, 2.05) is 31.2 Å². The van der Waals surface area contributed by atoms with Gasteiger partial charge in [-0.25, -0.2) is 17.7 Å². The molecule has 0 fully saturated rings. The first-order chi connectivity index (χ1) is 12.9. The maximum Gasteiger partial charge on any atom is 0.265 e. The first-order valence-corrected chi connectivity index (χ1v) is 10.0. The van der Waals surface area contributed by atoms with Gasteiger partial charge in [0.15, 0.2) is 0 Å². The summed E-state index contributed by atoms with van der Waals surface area (Å²) in [5.41, 5.74) is 2.41. The van der Waals surface area contributed by atoms with E-state index in [4.69, 9.17) is 9.47 Å². The number of ether oxygens (including phenoxy) is 2. The number of rotatable bonds is 4. The van der Waals surface area contributed by atoms with Crippen LogP contribution < -0.4 is 13.8 Å². The Balaban J connectivity index is 1.80. The van der Waals surface area contributed by atoms with Crippen molar-refractivity contribution in [3.8, 4) is 11.5 Å². The lowest BCUT2D eigenvalue weighted by molar-refractivity contribution is 0.411. The summed E-state index contributed by atoms with van der Waals surface area (Å²) in [6.07, 6.45) is 0.638. The van der Waals surface area contributed by atoms with Gasteiger partial charge in [0.25, 0.3) is 10.0 Å². The summed E-state index contributed by atoms with van der Waals surface area (Å²) in [6, 6.07) is 12.5. The lowest BCUT2D eigenvalue weighted by Gasteiger charge is -2.19.